The average molecular weight is 197 g/mol. The van der Waals surface area contributed by atoms with Crippen LogP contribution in [0.4, 0.5) is 0 Å². The van der Waals surface area contributed by atoms with Crippen LogP contribution in [-0.4, -0.2) is 24.7 Å². The molecule has 2 atom stereocenters. The molecule has 1 amide bonds. The molecule has 1 spiro atoms. The first-order valence-corrected chi connectivity index (χ1v) is 5.34. The zero-order chi connectivity index (χ0) is 10.4. The first kappa shape index (κ1) is 9.97. The van der Waals surface area contributed by atoms with Crippen LogP contribution < -0.4 is 5.32 Å². The van der Waals surface area contributed by atoms with E-state index in [4.69, 9.17) is 4.74 Å². The maximum Gasteiger partial charge on any atom is 0.246 e. The van der Waals surface area contributed by atoms with E-state index < -0.39 is 0 Å². The minimum atomic E-state index is -0.0859. The molecule has 2 aliphatic rings. The Bertz CT molecular complexity index is 250. The fourth-order valence-corrected chi connectivity index (χ4v) is 3.06. The Labute approximate surface area is 85.2 Å². The third-order valence-electron chi connectivity index (χ3n) is 3.61. The molecule has 1 N–H and O–H groups in total. The van der Waals surface area contributed by atoms with E-state index in [2.05, 4.69) is 26.1 Å². The summed E-state index contributed by atoms with van der Waals surface area (Å²) < 4.78 is 5.77. The van der Waals surface area contributed by atoms with Gasteiger partial charge in [0, 0.05) is 6.54 Å². The van der Waals surface area contributed by atoms with Gasteiger partial charge in [0.15, 0.2) is 0 Å². The smallest absolute Gasteiger partial charge is 0.246 e. The summed E-state index contributed by atoms with van der Waals surface area (Å²) in [4.78, 5) is 11.0. The predicted octanol–water partition coefficient (Wildman–Crippen LogP) is 1.33. The molecule has 1 saturated heterocycles. The second kappa shape index (κ2) is 2.96. The van der Waals surface area contributed by atoms with Crippen molar-refractivity contribution in [2.24, 2.45) is 11.3 Å². The molecular weight excluding hydrogens is 178 g/mol. The maximum atomic E-state index is 11.0. The highest BCUT2D eigenvalue weighted by atomic mass is 16.5. The first-order chi connectivity index (χ1) is 6.44. The normalized spacial score (nSPS) is 41.4. The molecule has 2 fully saturated rings. The van der Waals surface area contributed by atoms with Crippen LogP contribution in [0, 0.1) is 11.3 Å². The van der Waals surface area contributed by atoms with Crippen LogP contribution >= 0.6 is 0 Å². The van der Waals surface area contributed by atoms with E-state index in [9.17, 15) is 4.79 Å². The summed E-state index contributed by atoms with van der Waals surface area (Å²) in [5.41, 5.74) is 0.263. The van der Waals surface area contributed by atoms with Gasteiger partial charge in [-0.2, -0.15) is 0 Å². The van der Waals surface area contributed by atoms with Crippen LogP contribution in [-0.2, 0) is 9.53 Å². The summed E-state index contributed by atoms with van der Waals surface area (Å²) >= 11 is 0. The van der Waals surface area contributed by atoms with E-state index in [1.54, 1.807) is 0 Å². The monoisotopic (exact) mass is 197 g/mol. The van der Waals surface area contributed by atoms with Gasteiger partial charge in [-0.25, -0.2) is 0 Å². The molecule has 2 rings (SSSR count). The molecule has 2 unspecified atom stereocenters. The van der Waals surface area contributed by atoms with Crippen molar-refractivity contribution < 1.29 is 9.53 Å². The molecule has 80 valence electrons. The standard InChI is InChI=1S/C11H19NO2/c1-8-4-10(2,3)6-11(8)7-12-9(13)5-14-11/h8H,4-7H2,1-3H3,(H,12,13). The first-order valence-electron chi connectivity index (χ1n) is 5.34. The Morgan fingerprint density at radius 1 is 1.50 bits per heavy atom. The van der Waals surface area contributed by atoms with Gasteiger partial charge in [-0.05, 0) is 24.2 Å². The van der Waals surface area contributed by atoms with Gasteiger partial charge in [-0.3, -0.25) is 4.79 Å². The SMILES string of the molecule is CC1CC(C)(C)CC12CNC(=O)CO2. The fourth-order valence-electron chi connectivity index (χ4n) is 3.06. The van der Waals surface area contributed by atoms with Gasteiger partial charge in [0.2, 0.25) is 5.91 Å². The number of nitrogens with one attached hydrogen (secondary N) is 1. The van der Waals surface area contributed by atoms with Crippen molar-refractivity contribution in [1.29, 1.82) is 0 Å². The number of rotatable bonds is 0. The van der Waals surface area contributed by atoms with Crippen LogP contribution in [0.5, 0.6) is 0 Å². The molecule has 0 radical (unpaired) electrons. The van der Waals surface area contributed by atoms with Crippen LogP contribution in [0.25, 0.3) is 0 Å². The molecule has 1 aliphatic carbocycles. The molecule has 3 heteroatoms. The van der Waals surface area contributed by atoms with Crippen molar-refractivity contribution in [3.05, 3.63) is 0 Å². The third-order valence-corrected chi connectivity index (χ3v) is 3.61. The second-order valence-corrected chi connectivity index (χ2v) is 5.58. The lowest BCUT2D eigenvalue weighted by molar-refractivity contribution is -0.148. The summed E-state index contributed by atoms with van der Waals surface area (Å²) in [6.45, 7) is 7.71. The highest BCUT2D eigenvalue weighted by molar-refractivity contribution is 5.78. The molecule has 0 bridgehead atoms. The van der Waals surface area contributed by atoms with Crippen molar-refractivity contribution >= 4 is 5.91 Å². The van der Waals surface area contributed by atoms with Gasteiger partial charge in [-0.15, -0.1) is 0 Å². The van der Waals surface area contributed by atoms with E-state index in [1.807, 2.05) is 0 Å². The largest absolute Gasteiger partial charge is 0.363 e. The average Bonchev–Trinajstić information content (AvgIpc) is 2.29. The van der Waals surface area contributed by atoms with E-state index in [0.717, 1.165) is 6.42 Å². The zero-order valence-corrected chi connectivity index (χ0v) is 9.22. The lowest BCUT2D eigenvalue weighted by Crippen LogP contribution is -2.54. The van der Waals surface area contributed by atoms with Gasteiger partial charge >= 0.3 is 0 Å². The molecule has 0 aromatic carbocycles. The number of carbonyl (C=O) groups excluding carboxylic acids is 1. The number of morpholine rings is 1. The molecule has 3 nitrogen and oxygen atoms in total. The Balaban J connectivity index is 2.13. The van der Waals surface area contributed by atoms with E-state index in [-0.39, 0.29) is 18.1 Å². The van der Waals surface area contributed by atoms with Crippen LogP contribution in [0.15, 0.2) is 0 Å². The lowest BCUT2D eigenvalue weighted by Gasteiger charge is -2.37. The fraction of sp³-hybridized carbons (Fsp3) is 0.909. The van der Waals surface area contributed by atoms with Gasteiger partial charge in [0.1, 0.15) is 6.61 Å². The number of ether oxygens (including phenoxy) is 1. The van der Waals surface area contributed by atoms with E-state index in [0.29, 0.717) is 17.9 Å². The predicted molar refractivity (Wildman–Crippen MR) is 53.9 cm³/mol. The summed E-state index contributed by atoms with van der Waals surface area (Å²) in [7, 11) is 0. The van der Waals surface area contributed by atoms with Crippen molar-refractivity contribution in [1.82, 2.24) is 5.32 Å². The molecule has 1 heterocycles. The molecular formula is C11H19NO2. The Kier molecular flexibility index (Phi) is 2.11. The Hall–Kier alpha value is -0.570. The molecule has 1 aliphatic heterocycles. The number of carbonyl (C=O) groups is 1. The van der Waals surface area contributed by atoms with Gasteiger partial charge in [0.05, 0.1) is 5.60 Å². The quantitative estimate of drug-likeness (QED) is 0.636. The van der Waals surface area contributed by atoms with Crippen LogP contribution in [0.1, 0.15) is 33.6 Å². The number of hydrogen-bond acceptors (Lipinski definition) is 2. The zero-order valence-electron chi connectivity index (χ0n) is 9.22. The van der Waals surface area contributed by atoms with E-state index in [1.165, 1.54) is 6.42 Å². The third kappa shape index (κ3) is 1.54. The number of amides is 1. The Morgan fingerprint density at radius 2 is 2.21 bits per heavy atom. The molecule has 14 heavy (non-hydrogen) atoms. The van der Waals surface area contributed by atoms with Gasteiger partial charge < -0.3 is 10.1 Å². The second-order valence-electron chi connectivity index (χ2n) is 5.58. The summed E-state index contributed by atoms with van der Waals surface area (Å²) in [6, 6.07) is 0. The maximum absolute atomic E-state index is 11.0. The van der Waals surface area contributed by atoms with Crippen molar-refractivity contribution in [2.45, 2.75) is 39.2 Å². The highest BCUT2D eigenvalue weighted by Crippen LogP contribution is 2.49. The minimum absolute atomic E-state index is 0.0209. The molecule has 1 saturated carbocycles. The van der Waals surface area contributed by atoms with Crippen molar-refractivity contribution in [3.63, 3.8) is 0 Å². The van der Waals surface area contributed by atoms with Crippen molar-refractivity contribution in [3.8, 4) is 0 Å². The summed E-state index contributed by atoms with van der Waals surface area (Å²) in [5.74, 6) is 0.561. The minimum Gasteiger partial charge on any atom is -0.363 e. The van der Waals surface area contributed by atoms with Crippen LogP contribution in [0.3, 0.4) is 0 Å². The highest BCUT2D eigenvalue weighted by Gasteiger charge is 2.51. The molecule has 0 aromatic heterocycles. The van der Waals surface area contributed by atoms with E-state index >= 15 is 0 Å². The van der Waals surface area contributed by atoms with Crippen LogP contribution in [0.2, 0.25) is 0 Å². The summed E-state index contributed by atoms with van der Waals surface area (Å²) in [6.07, 6.45) is 2.24. The number of hydrogen-bond donors (Lipinski definition) is 1. The lowest BCUT2D eigenvalue weighted by atomic mass is 9.88. The summed E-state index contributed by atoms with van der Waals surface area (Å²) in [5, 5.41) is 2.92. The topological polar surface area (TPSA) is 38.3 Å². The van der Waals surface area contributed by atoms with Crippen molar-refractivity contribution in [2.75, 3.05) is 13.2 Å². The molecule has 0 aromatic rings. The van der Waals surface area contributed by atoms with Gasteiger partial charge in [0.25, 0.3) is 0 Å². The Morgan fingerprint density at radius 3 is 2.64 bits per heavy atom. The van der Waals surface area contributed by atoms with Gasteiger partial charge in [-0.1, -0.05) is 20.8 Å².